The maximum atomic E-state index is 12.2. The van der Waals surface area contributed by atoms with Gasteiger partial charge in [-0.3, -0.25) is 4.79 Å². The first-order valence-electron chi connectivity index (χ1n) is 6.45. The predicted octanol–water partition coefficient (Wildman–Crippen LogP) is 1.19. The lowest BCUT2D eigenvalue weighted by Gasteiger charge is -2.26. The third-order valence-electron chi connectivity index (χ3n) is 3.50. The fourth-order valence-corrected chi connectivity index (χ4v) is 2.52. The largest absolute Gasteiger partial charge is 0.376 e. The summed E-state index contributed by atoms with van der Waals surface area (Å²) in [5, 5.41) is 3.26. The van der Waals surface area contributed by atoms with E-state index in [0.717, 1.165) is 51.9 Å². The van der Waals surface area contributed by atoms with E-state index in [4.69, 9.17) is 4.74 Å². The van der Waals surface area contributed by atoms with E-state index in [0.29, 0.717) is 0 Å². The standard InChI is InChI=1S/C12H22N2O2.ClH/c1-2-14(9-10-5-4-8-16-10)12(15)11-6-3-7-13-11;/h10-11,13H,2-9H2,1H3;1H/t10?,11-;/m0./s1. The van der Waals surface area contributed by atoms with Crippen molar-refractivity contribution in [3.63, 3.8) is 0 Å². The number of hydrogen-bond donors (Lipinski definition) is 1. The zero-order chi connectivity index (χ0) is 11.4. The Bertz CT molecular complexity index is 239. The molecular weight excluding hydrogens is 240 g/mol. The van der Waals surface area contributed by atoms with Crippen LogP contribution in [0.2, 0.25) is 0 Å². The molecule has 0 radical (unpaired) electrons. The lowest BCUT2D eigenvalue weighted by atomic mass is 10.1. The van der Waals surface area contributed by atoms with Gasteiger partial charge in [-0.2, -0.15) is 0 Å². The molecule has 0 bridgehead atoms. The number of likely N-dealkylation sites (N-methyl/N-ethyl adjacent to an activating group) is 1. The molecule has 100 valence electrons. The Hall–Kier alpha value is -0.320. The van der Waals surface area contributed by atoms with E-state index >= 15 is 0 Å². The zero-order valence-corrected chi connectivity index (χ0v) is 11.3. The van der Waals surface area contributed by atoms with Crippen molar-refractivity contribution in [2.45, 2.75) is 44.8 Å². The van der Waals surface area contributed by atoms with Crippen LogP contribution in [0.4, 0.5) is 0 Å². The molecular formula is C12H23ClN2O2. The minimum absolute atomic E-state index is 0. The van der Waals surface area contributed by atoms with Gasteiger partial charge in [0.1, 0.15) is 0 Å². The Morgan fingerprint density at radius 1 is 1.41 bits per heavy atom. The smallest absolute Gasteiger partial charge is 0.239 e. The number of nitrogens with one attached hydrogen (secondary N) is 1. The molecule has 0 aromatic heterocycles. The second kappa shape index (κ2) is 7.19. The number of carbonyl (C=O) groups excluding carboxylic acids is 1. The molecule has 1 amide bonds. The molecule has 2 aliphatic heterocycles. The monoisotopic (exact) mass is 262 g/mol. The number of rotatable bonds is 4. The summed E-state index contributed by atoms with van der Waals surface area (Å²) in [7, 11) is 0. The molecule has 0 aromatic carbocycles. The van der Waals surface area contributed by atoms with Gasteiger partial charge in [0.05, 0.1) is 12.1 Å². The number of amides is 1. The fourth-order valence-electron chi connectivity index (χ4n) is 2.52. The van der Waals surface area contributed by atoms with Crippen LogP contribution >= 0.6 is 12.4 Å². The molecule has 2 saturated heterocycles. The molecule has 5 heteroatoms. The molecule has 2 atom stereocenters. The van der Waals surface area contributed by atoms with Gasteiger partial charge in [0.25, 0.3) is 0 Å². The SMILES string of the molecule is CCN(CC1CCCO1)C(=O)[C@@H]1CCCN1.Cl. The first-order valence-corrected chi connectivity index (χ1v) is 6.45. The van der Waals surface area contributed by atoms with Crippen molar-refractivity contribution >= 4 is 18.3 Å². The van der Waals surface area contributed by atoms with Crippen LogP contribution < -0.4 is 5.32 Å². The lowest BCUT2D eigenvalue weighted by Crippen LogP contribution is -2.46. The maximum Gasteiger partial charge on any atom is 0.239 e. The average Bonchev–Trinajstić information content (AvgIpc) is 2.97. The van der Waals surface area contributed by atoms with Gasteiger partial charge < -0.3 is 15.0 Å². The van der Waals surface area contributed by atoms with Gasteiger partial charge in [0, 0.05) is 19.7 Å². The minimum Gasteiger partial charge on any atom is -0.376 e. The molecule has 2 rings (SSSR count). The third-order valence-corrected chi connectivity index (χ3v) is 3.50. The van der Waals surface area contributed by atoms with Crippen molar-refractivity contribution in [2.75, 3.05) is 26.2 Å². The van der Waals surface area contributed by atoms with Gasteiger partial charge in [-0.05, 0) is 39.2 Å². The van der Waals surface area contributed by atoms with Gasteiger partial charge in [-0.15, -0.1) is 12.4 Å². The van der Waals surface area contributed by atoms with Crippen LogP contribution in [0.25, 0.3) is 0 Å². The third kappa shape index (κ3) is 3.83. The lowest BCUT2D eigenvalue weighted by molar-refractivity contribution is -0.134. The van der Waals surface area contributed by atoms with Crippen molar-refractivity contribution in [1.29, 1.82) is 0 Å². The molecule has 0 spiro atoms. The summed E-state index contributed by atoms with van der Waals surface area (Å²) in [4.78, 5) is 14.1. The van der Waals surface area contributed by atoms with Crippen LogP contribution in [-0.4, -0.2) is 49.2 Å². The Kier molecular flexibility index (Phi) is 6.23. The normalized spacial score (nSPS) is 27.8. The van der Waals surface area contributed by atoms with Crippen LogP contribution in [-0.2, 0) is 9.53 Å². The van der Waals surface area contributed by atoms with Crippen molar-refractivity contribution in [2.24, 2.45) is 0 Å². The number of carbonyl (C=O) groups is 1. The molecule has 4 nitrogen and oxygen atoms in total. The molecule has 1 unspecified atom stereocenters. The van der Waals surface area contributed by atoms with E-state index < -0.39 is 0 Å². The van der Waals surface area contributed by atoms with Gasteiger partial charge in [-0.1, -0.05) is 0 Å². The molecule has 0 aliphatic carbocycles. The maximum absolute atomic E-state index is 12.2. The van der Waals surface area contributed by atoms with E-state index in [9.17, 15) is 4.79 Å². The van der Waals surface area contributed by atoms with Gasteiger partial charge in [-0.25, -0.2) is 0 Å². The predicted molar refractivity (Wildman–Crippen MR) is 69.5 cm³/mol. The summed E-state index contributed by atoms with van der Waals surface area (Å²) < 4.78 is 5.58. The first kappa shape index (κ1) is 14.7. The van der Waals surface area contributed by atoms with Gasteiger partial charge in [0.2, 0.25) is 5.91 Å². The van der Waals surface area contributed by atoms with E-state index in [-0.39, 0.29) is 30.5 Å². The molecule has 2 heterocycles. The topological polar surface area (TPSA) is 41.6 Å². The quantitative estimate of drug-likeness (QED) is 0.828. The molecule has 17 heavy (non-hydrogen) atoms. The Morgan fingerprint density at radius 2 is 2.24 bits per heavy atom. The molecule has 0 aromatic rings. The number of hydrogen-bond acceptors (Lipinski definition) is 3. The highest BCUT2D eigenvalue weighted by molar-refractivity contribution is 5.85. The second-order valence-corrected chi connectivity index (χ2v) is 4.66. The molecule has 2 fully saturated rings. The van der Waals surface area contributed by atoms with E-state index in [1.165, 1.54) is 0 Å². The van der Waals surface area contributed by atoms with E-state index in [1.54, 1.807) is 0 Å². The summed E-state index contributed by atoms with van der Waals surface area (Å²) in [6.45, 7) is 5.44. The van der Waals surface area contributed by atoms with Crippen LogP contribution in [0.3, 0.4) is 0 Å². The highest BCUT2D eigenvalue weighted by Crippen LogP contribution is 2.15. The Morgan fingerprint density at radius 3 is 2.76 bits per heavy atom. The molecule has 0 saturated carbocycles. The van der Waals surface area contributed by atoms with Crippen molar-refractivity contribution in [3.05, 3.63) is 0 Å². The van der Waals surface area contributed by atoms with Crippen LogP contribution in [0, 0.1) is 0 Å². The fraction of sp³-hybridized carbons (Fsp3) is 0.917. The summed E-state index contributed by atoms with van der Waals surface area (Å²) in [5.74, 6) is 0.260. The van der Waals surface area contributed by atoms with Crippen molar-refractivity contribution in [3.8, 4) is 0 Å². The van der Waals surface area contributed by atoms with Crippen molar-refractivity contribution < 1.29 is 9.53 Å². The van der Waals surface area contributed by atoms with Crippen LogP contribution in [0.5, 0.6) is 0 Å². The zero-order valence-electron chi connectivity index (χ0n) is 10.5. The first-order chi connectivity index (χ1) is 7.81. The number of nitrogens with zero attached hydrogens (tertiary/aromatic N) is 1. The summed E-state index contributed by atoms with van der Waals surface area (Å²) in [5.41, 5.74) is 0. The minimum atomic E-state index is 0. The highest BCUT2D eigenvalue weighted by Gasteiger charge is 2.28. The average molecular weight is 263 g/mol. The number of halogens is 1. The summed E-state index contributed by atoms with van der Waals surface area (Å²) in [6.07, 6.45) is 4.61. The number of ether oxygens (including phenoxy) is 1. The van der Waals surface area contributed by atoms with Crippen molar-refractivity contribution in [1.82, 2.24) is 10.2 Å². The van der Waals surface area contributed by atoms with E-state index in [1.807, 2.05) is 11.8 Å². The Labute approximate surface area is 109 Å². The highest BCUT2D eigenvalue weighted by atomic mass is 35.5. The molecule has 1 N–H and O–H groups in total. The molecule has 2 aliphatic rings. The summed E-state index contributed by atoms with van der Waals surface area (Å²) in [6, 6.07) is 0.0568. The Balaban J connectivity index is 0.00000144. The van der Waals surface area contributed by atoms with Gasteiger partial charge >= 0.3 is 0 Å². The van der Waals surface area contributed by atoms with Crippen LogP contribution in [0.15, 0.2) is 0 Å². The summed E-state index contributed by atoms with van der Waals surface area (Å²) >= 11 is 0. The second-order valence-electron chi connectivity index (χ2n) is 4.66. The van der Waals surface area contributed by atoms with Gasteiger partial charge in [0.15, 0.2) is 0 Å². The van der Waals surface area contributed by atoms with Crippen LogP contribution in [0.1, 0.15) is 32.6 Å². The van der Waals surface area contributed by atoms with E-state index in [2.05, 4.69) is 5.32 Å².